The molecule has 0 spiro atoms. The second-order valence-corrected chi connectivity index (χ2v) is 8.58. The highest BCUT2D eigenvalue weighted by Crippen LogP contribution is 2.15. The van der Waals surface area contributed by atoms with Crippen LogP contribution in [-0.2, 0) is 20.9 Å². The zero-order chi connectivity index (χ0) is 22.9. The normalized spacial score (nSPS) is 11.1. The SMILES string of the molecule is CC(C)(C)OC(=O)NCC(=O)Nc1ccccc1CNC(=O)/C=C/c1cccc(Br)c1. The molecule has 0 aliphatic rings. The molecule has 3 N–H and O–H groups in total. The maximum atomic E-state index is 12.2. The Balaban J connectivity index is 1.87. The molecule has 2 aromatic rings. The molecule has 7 nitrogen and oxygen atoms in total. The lowest BCUT2D eigenvalue weighted by molar-refractivity contribution is -0.116. The van der Waals surface area contributed by atoms with Crippen LogP contribution in [0.3, 0.4) is 0 Å². The van der Waals surface area contributed by atoms with Crippen molar-refractivity contribution in [3.05, 3.63) is 70.2 Å². The molecule has 3 amide bonds. The van der Waals surface area contributed by atoms with Crippen molar-refractivity contribution in [2.45, 2.75) is 32.9 Å². The Hall–Kier alpha value is -3.13. The van der Waals surface area contributed by atoms with E-state index in [2.05, 4.69) is 31.9 Å². The van der Waals surface area contributed by atoms with Gasteiger partial charge in [-0.1, -0.05) is 46.3 Å². The minimum absolute atomic E-state index is 0.231. The summed E-state index contributed by atoms with van der Waals surface area (Å²) in [6, 6.07) is 14.7. The van der Waals surface area contributed by atoms with Gasteiger partial charge in [0.15, 0.2) is 0 Å². The molecule has 0 saturated carbocycles. The minimum Gasteiger partial charge on any atom is -0.444 e. The largest absolute Gasteiger partial charge is 0.444 e. The number of rotatable bonds is 7. The molecule has 0 heterocycles. The van der Waals surface area contributed by atoms with Crippen LogP contribution < -0.4 is 16.0 Å². The van der Waals surface area contributed by atoms with Crippen LogP contribution in [0, 0.1) is 0 Å². The van der Waals surface area contributed by atoms with Crippen LogP contribution in [0.2, 0.25) is 0 Å². The third-order valence-electron chi connectivity index (χ3n) is 3.81. The number of carbonyl (C=O) groups is 3. The first-order valence-electron chi connectivity index (χ1n) is 9.68. The predicted octanol–water partition coefficient (Wildman–Crippen LogP) is 4.24. The molecule has 0 aliphatic heterocycles. The van der Waals surface area contributed by atoms with Crippen molar-refractivity contribution in [3.63, 3.8) is 0 Å². The summed E-state index contributed by atoms with van der Waals surface area (Å²) in [7, 11) is 0. The molecule has 2 aromatic carbocycles. The molecule has 0 fully saturated rings. The van der Waals surface area contributed by atoms with Crippen molar-refractivity contribution in [2.75, 3.05) is 11.9 Å². The molecule has 0 radical (unpaired) electrons. The lowest BCUT2D eigenvalue weighted by Gasteiger charge is -2.19. The Morgan fingerprint density at radius 2 is 1.77 bits per heavy atom. The average Bonchev–Trinajstić information content (AvgIpc) is 2.69. The fraction of sp³-hybridized carbons (Fsp3) is 0.261. The van der Waals surface area contributed by atoms with E-state index in [0.717, 1.165) is 15.6 Å². The lowest BCUT2D eigenvalue weighted by atomic mass is 10.1. The number of anilines is 1. The fourth-order valence-corrected chi connectivity index (χ4v) is 2.90. The predicted molar refractivity (Wildman–Crippen MR) is 124 cm³/mol. The van der Waals surface area contributed by atoms with Gasteiger partial charge in [0, 0.05) is 22.8 Å². The van der Waals surface area contributed by atoms with E-state index in [0.29, 0.717) is 5.69 Å². The summed E-state index contributed by atoms with van der Waals surface area (Å²) in [6.45, 7) is 5.23. The van der Waals surface area contributed by atoms with Gasteiger partial charge in [0.1, 0.15) is 12.1 Å². The van der Waals surface area contributed by atoms with E-state index >= 15 is 0 Å². The maximum Gasteiger partial charge on any atom is 0.408 e. The number of para-hydroxylation sites is 1. The molecule has 0 aliphatic carbocycles. The molecule has 164 valence electrons. The summed E-state index contributed by atoms with van der Waals surface area (Å²) in [5, 5.41) is 7.94. The van der Waals surface area contributed by atoms with E-state index in [1.165, 1.54) is 6.08 Å². The van der Waals surface area contributed by atoms with Crippen LogP contribution in [-0.4, -0.2) is 30.1 Å². The van der Waals surface area contributed by atoms with E-state index in [-0.39, 0.29) is 19.0 Å². The second-order valence-electron chi connectivity index (χ2n) is 7.67. The highest BCUT2D eigenvalue weighted by molar-refractivity contribution is 9.10. The van der Waals surface area contributed by atoms with E-state index < -0.39 is 17.6 Å². The Morgan fingerprint density at radius 1 is 1.03 bits per heavy atom. The highest BCUT2D eigenvalue weighted by Gasteiger charge is 2.17. The van der Waals surface area contributed by atoms with Gasteiger partial charge in [0.2, 0.25) is 11.8 Å². The van der Waals surface area contributed by atoms with Crippen molar-refractivity contribution in [1.82, 2.24) is 10.6 Å². The van der Waals surface area contributed by atoms with E-state index in [1.54, 1.807) is 45.0 Å². The quantitative estimate of drug-likeness (QED) is 0.508. The zero-order valence-electron chi connectivity index (χ0n) is 17.7. The number of benzene rings is 2. The lowest BCUT2D eigenvalue weighted by Crippen LogP contribution is -2.37. The number of hydrogen-bond acceptors (Lipinski definition) is 4. The monoisotopic (exact) mass is 487 g/mol. The summed E-state index contributed by atoms with van der Waals surface area (Å²) < 4.78 is 6.03. The molecule has 0 unspecified atom stereocenters. The summed E-state index contributed by atoms with van der Waals surface area (Å²) >= 11 is 3.39. The van der Waals surface area contributed by atoms with Gasteiger partial charge in [-0.15, -0.1) is 0 Å². The van der Waals surface area contributed by atoms with Crippen LogP contribution in [0.25, 0.3) is 6.08 Å². The van der Waals surface area contributed by atoms with Crippen LogP contribution in [0.4, 0.5) is 10.5 Å². The summed E-state index contributed by atoms with van der Waals surface area (Å²) in [4.78, 5) is 36.0. The summed E-state index contributed by atoms with van der Waals surface area (Å²) in [5.41, 5.74) is 1.54. The number of halogens is 1. The van der Waals surface area contributed by atoms with Gasteiger partial charge in [-0.25, -0.2) is 4.79 Å². The Kier molecular flexibility index (Phi) is 8.81. The van der Waals surface area contributed by atoms with Gasteiger partial charge < -0.3 is 20.7 Å². The van der Waals surface area contributed by atoms with E-state index in [9.17, 15) is 14.4 Å². The van der Waals surface area contributed by atoms with Gasteiger partial charge in [0.05, 0.1) is 0 Å². The molecular formula is C23H26BrN3O4. The average molecular weight is 488 g/mol. The van der Waals surface area contributed by atoms with E-state index in [4.69, 9.17) is 4.74 Å². The number of amides is 3. The van der Waals surface area contributed by atoms with Gasteiger partial charge in [-0.05, 0) is 56.2 Å². The first kappa shape index (κ1) is 24.1. The molecule has 0 saturated heterocycles. The van der Waals surface area contributed by atoms with Gasteiger partial charge in [-0.3, -0.25) is 9.59 Å². The molecular weight excluding hydrogens is 462 g/mol. The van der Waals surface area contributed by atoms with Crippen LogP contribution in [0.5, 0.6) is 0 Å². The topological polar surface area (TPSA) is 96.5 Å². The smallest absolute Gasteiger partial charge is 0.408 e. The number of ether oxygens (including phenoxy) is 1. The van der Waals surface area contributed by atoms with Crippen molar-refractivity contribution >= 4 is 45.6 Å². The summed E-state index contributed by atoms with van der Waals surface area (Å²) in [6.07, 6.45) is 2.50. The highest BCUT2D eigenvalue weighted by atomic mass is 79.9. The number of nitrogens with one attached hydrogen (secondary N) is 3. The Bertz CT molecular complexity index is 967. The number of carbonyl (C=O) groups excluding carboxylic acids is 3. The fourth-order valence-electron chi connectivity index (χ4n) is 2.48. The first-order chi connectivity index (χ1) is 14.6. The van der Waals surface area contributed by atoms with Crippen molar-refractivity contribution in [2.24, 2.45) is 0 Å². The van der Waals surface area contributed by atoms with Crippen LogP contribution >= 0.6 is 15.9 Å². The molecule has 31 heavy (non-hydrogen) atoms. The van der Waals surface area contributed by atoms with Gasteiger partial charge in [-0.2, -0.15) is 0 Å². The molecule has 0 atom stereocenters. The maximum absolute atomic E-state index is 12.2. The van der Waals surface area contributed by atoms with Crippen LogP contribution in [0.15, 0.2) is 59.1 Å². The molecule has 2 rings (SSSR count). The molecule has 8 heteroatoms. The molecule has 0 aromatic heterocycles. The zero-order valence-corrected chi connectivity index (χ0v) is 19.3. The van der Waals surface area contributed by atoms with Crippen molar-refractivity contribution in [1.29, 1.82) is 0 Å². The number of hydrogen-bond donors (Lipinski definition) is 3. The van der Waals surface area contributed by atoms with Crippen molar-refractivity contribution in [3.8, 4) is 0 Å². The van der Waals surface area contributed by atoms with E-state index in [1.807, 2.05) is 30.3 Å². The van der Waals surface area contributed by atoms with Gasteiger partial charge in [0.25, 0.3) is 0 Å². The standard InChI is InChI=1S/C23H26BrN3O4/c1-23(2,3)31-22(30)26-15-21(29)27-19-10-5-4-8-17(19)14-25-20(28)12-11-16-7-6-9-18(24)13-16/h4-13H,14-15H2,1-3H3,(H,25,28)(H,26,30)(H,27,29)/b12-11+. The number of alkyl carbamates (subject to hydrolysis) is 1. The minimum atomic E-state index is -0.666. The third-order valence-corrected chi connectivity index (χ3v) is 4.31. The second kappa shape index (κ2) is 11.3. The Labute approximate surface area is 190 Å². The van der Waals surface area contributed by atoms with Crippen molar-refractivity contribution < 1.29 is 19.1 Å². The summed E-state index contributed by atoms with van der Waals surface area (Å²) in [5.74, 6) is -0.660. The van der Waals surface area contributed by atoms with Gasteiger partial charge >= 0.3 is 6.09 Å². The van der Waals surface area contributed by atoms with Crippen LogP contribution in [0.1, 0.15) is 31.9 Å². The Morgan fingerprint density at radius 3 is 2.48 bits per heavy atom. The third kappa shape index (κ3) is 9.48. The first-order valence-corrected chi connectivity index (χ1v) is 10.5. The molecule has 0 bridgehead atoms.